The highest BCUT2D eigenvalue weighted by Crippen LogP contribution is 2.23. The number of benzene rings is 1. The third-order valence-electron chi connectivity index (χ3n) is 3.96. The molecule has 2 heterocycles. The fourth-order valence-corrected chi connectivity index (χ4v) is 3.48. The second-order valence-corrected chi connectivity index (χ2v) is 6.69. The Kier molecular flexibility index (Phi) is 4.49. The van der Waals surface area contributed by atoms with E-state index in [0.717, 1.165) is 28.0 Å². The molecule has 0 spiro atoms. The average molecular weight is 341 g/mol. The number of amides is 1. The van der Waals surface area contributed by atoms with Gasteiger partial charge in [0.1, 0.15) is 0 Å². The maximum atomic E-state index is 12.7. The second kappa shape index (κ2) is 6.57. The Labute approximate surface area is 144 Å². The van der Waals surface area contributed by atoms with Gasteiger partial charge in [0, 0.05) is 29.0 Å². The Bertz CT molecular complexity index is 910. The maximum Gasteiger partial charge on any atom is 0.295 e. The van der Waals surface area contributed by atoms with Crippen LogP contribution in [0.5, 0.6) is 0 Å². The molecule has 0 radical (unpaired) electrons. The molecule has 0 aliphatic heterocycles. The second-order valence-electron chi connectivity index (χ2n) is 5.75. The molecule has 3 rings (SSSR count). The van der Waals surface area contributed by atoms with Crippen molar-refractivity contribution in [3.8, 4) is 0 Å². The van der Waals surface area contributed by atoms with Crippen LogP contribution >= 0.6 is 11.3 Å². The van der Waals surface area contributed by atoms with Crippen molar-refractivity contribution in [1.82, 2.24) is 14.9 Å². The zero-order valence-corrected chi connectivity index (χ0v) is 14.7. The molecule has 0 saturated heterocycles. The van der Waals surface area contributed by atoms with Gasteiger partial charge < -0.3 is 9.88 Å². The summed E-state index contributed by atoms with van der Waals surface area (Å²) in [4.78, 5) is 34.3. The minimum absolute atomic E-state index is 0.336. The van der Waals surface area contributed by atoms with Gasteiger partial charge in [-0.2, -0.15) is 0 Å². The quantitative estimate of drug-likeness (QED) is 0.572. The Hall–Kier alpha value is -2.47. The number of aromatic amines is 1. The van der Waals surface area contributed by atoms with Gasteiger partial charge in [-0.3, -0.25) is 9.59 Å². The maximum absolute atomic E-state index is 12.7. The van der Waals surface area contributed by atoms with Gasteiger partial charge in [-0.05, 0) is 19.4 Å². The van der Waals surface area contributed by atoms with Crippen molar-refractivity contribution in [1.29, 1.82) is 0 Å². The first kappa shape index (κ1) is 16.4. The summed E-state index contributed by atoms with van der Waals surface area (Å²) in [6.07, 6.45) is 0.871. The molecule has 1 amide bonds. The number of likely N-dealkylation sites (N-methyl/N-ethyl adjacent to an activating group) is 1. The lowest BCUT2D eigenvalue weighted by atomic mass is 10.1. The average Bonchev–Trinajstić information content (AvgIpc) is 3.16. The molecule has 0 saturated carbocycles. The highest BCUT2D eigenvalue weighted by molar-refractivity contribution is 7.09. The number of fused-ring (bicyclic) bond motifs is 1. The van der Waals surface area contributed by atoms with Gasteiger partial charge in [0.05, 0.1) is 22.8 Å². The molecule has 2 aromatic heterocycles. The predicted octanol–water partition coefficient (Wildman–Crippen LogP) is 3.34. The number of carbonyl (C=O) groups excluding carboxylic acids is 2. The molecule has 0 unspecified atom stereocenters. The van der Waals surface area contributed by atoms with Crippen LogP contribution in [0.2, 0.25) is 0 Å². The predicted molar refractivity (Wildman–Crippen MR) is 95.3 cm³/mol. The topological polar surface area (TPSA) is 66.1 Å². The van der Waals surface area contributed by atoms with E-state index in [1.165, 1.54) is 4.90 Å². The van der Waals surface area contributed by atoms with Crippen LogP contribution < -0.4 is 0 Å². The first-order chi connectivity index (χ1) is 11.5. The van der Waals surface area contributed by atoms with Crippen molar-refractivity contribution in [3.63, 3.8) is 0 Å². The van der Waals surface area contributed by atoms with E-state index in [-0.39, 0.29) is 0 Å². The number of para-hydroxylation sites is 1. The summed E-state index contributed by atoms with van der Waals surface area (Å²) in [5.41, 5.74) is 2.84. The molecule has 3 aromatic rings. The molecule has 1 N–H and O–H groups in total. The lowest BCUT2D eigenvalue weighted by molar-refractivity contribution is -0.125. The van der Waals surface area contributed by atoms with Gasteiger partial charge in [-0.1, -0.05) is 25.1 Å². The summed E-state index contributed by atoms with van der Waals surface area (Å²) in [6.45, 7) is 4.19. The normalized spacial score (nSPS) is 11.0. The van der Waals surface area contributed by atoms with E-state index in [1.54, 1.807) is 18.4 Å². The molecular weight excluding hydrogens is 322 g/mol. The van der Waals surface area contributed by atoms with Crippen molar-refractivity contribution in [3.05, 3.63) is 51.6 Å². The van der Waals surface area contributed by atoms with Crippen LogP contribution in [0.1, 0.15) is 33.7 Å². The number of carbonyl (C=O) groups is 2. The van der Waals surface area contributed by atoms with Crippen molar-refractivity contribution in [2.45, 2.75) is 26.8 Å². The molecule has 0 aliphatic rings. The van der Waals surface area contributed by atoms with Crippen LogP contribution in [0, 0.1) is 6.92 Å². The number of hydrogen-bond acceptors (Lipinski definition) is 4. The van der Waals surface area contributed by atoms with Crippen LogP contribution in [0.4, 0.5) is 0 Å². The number of rotatable bonds is 5. The lowest BCUT2D eigenvalue weighted by Gasteiger charge is -2.15. The largest absolute Gasteiger partial charge is 0.358 e. The lowest BCUT2D eigenvalue weighted by Crippen LogP contribution is -2.33. The van der Waals surface area contributed by atoms with Gasteiger partial charge in [-0.15, -0.1) is 11.3 Å². The summed E-state index contributed by atoms with van der Waals surface area (Å²) < 4.78 is 0. The molecule has 6 heteroatoms. The van der Waals surface area contributed by atoms with Crippen LogP contribution in [-0.2, 0) is 17.8 Å². The van der Waals surface area contributed by atoms with E-state index in [2.05, 4.69) is 9.97 Å². The van der Waals surface area contributed by atoms with E-state index in [9.17, 15) is 9.59 Å². The number of Topliss-reactive ketones (excluding diaryl/α,β-unsaturated/α-hetero) is 1. The molecular formula is C18H19N3O2S. The Morgan fingerprint density at radius 1 is 1.29 bits per heavy atom. The first-order valence-corrected chi connectivity index (χ1v) is 8.69. The van der Waals surface area contributed by atoms with Crippen molar-refractivity contribution >= 4 is 33.9 Å². The van der Waals surface area contributed by atoms with E-state index in [4.69, 9.17) is 0 Å². The minimum Gasteiger partial charge on any atom is -0.358 e. The number of nitrogens with zero attached hydrogens (tertiary/aromatic N) is 2. The first-order valence-electron chi connectivity index (χ1n) is 7.81. The number of aryl methyl sites for hydroxylation is 2. The van der Waals surface area contributed by atoms with Crippen LogP contribution in [0.25, 0.3) is 10.9 Å². The fourth-order valence-electron chi connectivity index (χ4n) is 2.75. The molecule has 5 nitrogen and oxygen atoms in total. The summed E-state index contributed by atoms with van der Waals surface area (Å²) in [5, 5.41) is 3.75. The smallest absolute Gasteiger partial charge is 0.295 e. The standard InChI is InChI=1S/C18H19N3O2S/c1-4-15-20-12(10-24-15)9-21(3)18(23)17(22)16-11(2)19-14-8-6-5-7-13(14)16/h5-8,10,19H,4,9H2,1-3H3. The number of thiazole rings is 1. The van der Waals surface area contributed by atoms with Gasteiger partial charge in [-0.25, -0.2) is 4.98 Å². The zero-order valence-electron chi connectivity index (χ0n) is 13.9. The van der Waals surface area contributed by atoms with E-state index in [1.807, 2.05) is 43.5 Å². The number of H-pyrrole nitrogens is 1. The summed E-state index contributed by atoms with van der Waals surface area (Å²) in [7, 11) is 1.63. The van der Waals surface area contributed by atoms with Crippen molar-refractivity contribution < 1.29 is 9.59 Å². The van der Waals surface area contributed by atoms with Crippen LogP contribution in [0.15, 0.2) is 29.6 Å². The Morgan fingerprint density at radius 3 is 2.75 bits per heavy atom. The number of aromatic nitrogens is 2. The highest BCUT2D eigenvalue weighted by atomic mass is 32.1. The molecule has 124 valence electrons. The van der Waals surface area contributed by atoms with Gasteiger partial charge in [0.25, 0.3) is 11.7 Å². The summed E-state index contributed by atoms with van der Waals surface area (Å²) in [5.74, 6) is -1.01. The third-order valence-corrected chi connectivity index (χ3v) is 5.00. The van der Waals surface area contributed by atoms with E-state index in [0.29, 0.717) is 17.8 Å². The zero-order chi connectivity index (χ0) is 17.3. The monoisotopic (exact) mass is 341 g/mol. The number of hydrogen-bond donors (Lipinski definition) is 1. The molecule has 0 fully saturated rings. The molecule has 0 aliphatic carbocycles. The molecule has 1 aromatic carbocycles. The molecule has 0 atom stereocenters. The summed E-state index contributed by atoms with van der Waals surface area (Å²) in [6, 6.07) is 7.51. The Morgan fingerprint density at radius 2 is 2.04 bits per heavy atom. The van der Waals surface area contributed by atoms with Gasteiger partial charge >= 0.3 is 0 Å². The molecule has 24 heavy (non-hydrogen) atoms. The minimum atomic E-state index is -0.520. The third kappa shape index (κ3) is 2.97. The fraction of sp³-hybridized carbons (Fsp3) is 0.278. The van der Waals surface area contributed by atoms with Gasteiger partial charge in [0.2, 0.25) is 0 Å². The van der Waals surface area contributed by atoms with E-state index >= 15 is 0 Å². The number of ketones is 1. The van der Waals surface area contributed by atoms with Crippen LogP contribution in [-0.4, -0.2) is 33.6 Å². The van der Waals surface area contributed by atoms with E-state index < -0.39 is 11.7 Å². The van der Waals surface area contributed by atoms with Crippen molar-refractivity contribution in [2.75, 3.05) is 7.05 Å². The SMILES string of the molecule is CCc1nc(CN(C)C(=O)C(=O)c2c(C)[nH]c3ccccc23)cs1. The van der Waals surface area contributed by atoms with Crippen molar-refractivity contribution in [2.24, 2.45) is 0 Å². The van der Waals surface area contributed by atoms with Crippen LogP contribution in [0.3, 0.4) is 0 Å². The summed E-state index contributed by atoms with van der Waals surface area (Å²) >= 11 is 1.57. The number of nitrogens with one attached hydrogen (secondary N) is 1. The van der Waals surface area contributed by atoms with Gasteiger partial charge in [0.15, 0.2) is 0 Å². The Balaban J connectivity index is 1.83. The molecule has 0 bridgehead atoms. The highest BCUT2D eigenvalue weighted by Gasteiger charge is 2.25.